The van der Waals surface area contributed by atoms with Gasteiger partial charge in [0.05, 0.1) is 0 Å². The maximum Gasteiger partial charge on any atom is 0.0453 e. The SMILES string of the molecule is Cc1ccc(CNCC2CCCN(C)C2)c(Cl)c1. The molecule has 0 bridgehead atoms. The Balaban J connectivity index is 1.77. The molecule has 1 fully saturated rings. The summed E-state index contributed by atoms with van der Waals surface area (Å²) in [6, 6.07) is 6.28. The maximum atomic E-state index is 6.23. The second-order valence-electron chi connectivity index (χ2n) is 5.50. The molecule has 1 aromatic carbocycles. The minimum absolute atomic E-state index is 0.785. The first-order chi connectivity index (χ1) is 8.65. The summed E-state index contributed by atoms with van der Waals surface area (Å²) in [4.78, 5) is 2.43. The number of benzene rings is 1. The van der Waals surface area contributed by atoms with Crippen LogP contribution in [0.2, 0.25) is 5.02 Å². The van der Waals surface area contributed by atoms with Gasteiger partial charge in [0.1, 0.15) is 0 Å². The van der Waals surface area contributed by atoms with E-state index in [9.17, 15) is 0 Å². The Hall–Kier alpha value is -0.570. The third-order valence-corrected chi connectivity index (χ3v) is 4.03. The van der Waals surface area contributed by atoms with Gasteiger partial charge in [0.25, 0.3) is 0 Å². The fraction of sp³-hybridized carbons (Fsp3) is 0.600. The fourth-order valence-corrected chi connectivity index (χ4v) is 2.95. The van der Waals surface area contributed by atoms with E-state index in [2.05, 4.69) is 36.3 Å². The number of piperidine rings is 1. The third kappa shape index (κ3) is 3.98. The molecule has 1 atom stereocenters. The van der Waals surface area contributed by atoms with Crippen molar-refractivity contribution in [2.24, 2.45) is 5.92 Å². The van der Waals surface area contributed by atoms with Gasteiger partial charge in [-0.15, -0.1) is 0 Å². The Morgan fingerprint density at radius 2 is 2.28 bits per heavy atom. The first-order valence-corrected chi connectivity index (χ1v) is 7.17. The van der Waals surface area contributed by atoms with Gasteiger partial charge in [-0.1, -0.05) is 23.7 Å². The van der Waals surface area contributed by atoms with Crippen molar-refractivity contribution in [3.8, 4) is 0 Å². The average Bonchev–Trinajstić information content (AvgIpc) is 2.32. The smallest absolute Gasteiger partial charge is 0.0453 e. The van der Waals surface area contributed by atoms with Gasteiger partial charge < -0.3 is 10.2 Å². The van der Waals surface area contributed by atoms with Crippen LogP contribution in [-0.2, 0) is 6.54 Å². The van der Waals surface area contributed by atoms with Crippen LogP contribution in [0.5, 0.6) is 0 Å². The molecule has 1 saturated heterocycles. The topological polar surface area (TPSA) is 15.3 Å². The number of hydrogen-bond donors (Lipinski definition) is 1. The van der Waals surface area contributed by atoms with Gasteiger partial charge in [-0.25, -0.2) is 0 Å². The van der Waals surface area contributed by atoms with Crippen LogP contribution in [0.3, 0.4) is 0 Å². The van der Waals surface area contributed by atoms with E-state index < -0.39 is 0 Å². The molecule has 2 rings (SSSR count). The van der Waals surface area contributed by atoms with Crippen molar-refractivity contribution < 1.29 is 0 Å². The number of rotatable bonds is 4. The Labute approximate surface area is 115 Å². The Morgan fingerprint density at radius 1 is 1.44 bits per heavy atom. The zero-order chi connectivity index (χ0) is 13.0. The van der Waals surface area contributed by atoms with Crippen LogP contribution in [0.25, 0.3) is 0 Å². The molecule has 1 N–H and O–H groups in total. The van der Waals surface area contributed by atoms with Crippen molar-refractivity contribution in [1.29, 1.82) is 0 Å². The van der Waals surface area contributed by atoms with Gasteiger partial charge in [0, 0.05) is 18.1 Å². The number of nitrogens with one attached hydrogen (secondary N) is 1. The van der Waals surface area contributed by atoms with Gasteiger partial charge in [-0.3, -0.25) is 0 Å². The van der Waals surface area contributed by atoms with Gasteiger partial charge in [0.15, 0.2) is 0 Å². The zero-order valence-corrected chi connectivity index (χ0v) is 12.1. The molecule has 0 amide bonds. The normalized spacial score (nSPS) is 21.2. The molecule has 1 heterocycles. The Morgan fingerprint density at radius 3 is 3.00 bits per heavy atom. The molecule has 18 heavy (non-hydrogen) atoms. The number of aryl methyl sites for hydroxylation is 1. The lowest BCUT2D eigenvalue weighted by Gasteiger charge is -2.29. The standard InChI is InChI=1S/C15H23ClN2/c1-12-5-6-14(15(16)8-12)10-17-9-13-4-3-7-18(2)11-13/h5-6,8,13,17H,3-4,7,9-11H2,1-2H3. The van der Waals surface area contributed by atoms with E-state index in [4.69, 9.17) is 11.6 Å². The van der Waals surface area contributed by atoms with Gasteiger partial charge in [-0.2, -0.15) is 0 Å². The summed E-state index contributed by atoms with van der Waals surface area (Å²) >= 11 is 6.23. The molecule has 1 aromatic rings. The molecule has 2 nitrogen and oxygen atoms in total. The maximum absolute atomic E-state index is 6.23. The molecule has 3 heteroatoms. The molecule has 1 aliphatic rings. The van der Waals surface area contributed by atoms with Crippen LogP contribution in [0, 0.1) is 12.8 Å². The highest BCUT2D eigenvalue weighted by atomic mass is 35.5. The highest BCUT2D eigenvalue weighted by Crippen LogP contribution is 2.18. The molecule has 1 unspecified atom stereocenters. The van der Waals surface area contributed by atoms with Crippen molar-refractivity contribution in [2.75, 3.05) is 26.7 Å². The summed E-state index contributed by atoms with van der Waals surface area (Å²) in [5.41, 5.74) is 2.42. The molecule has 0 saturated carbocycles. The first-order valence-electron chi connectivity index (χ1n) is 6.79. The number of hydrogen-bond acceptors (Lipinski definition) is 2. The largest absolute Gasteiger partial charge is 0.312 e. The fourth-order valence-electron chi connectivity index (χ4n) is 2.65. The van der Waals surface area contributed by atoms with Crippen LogP contribution >= 0.6 is 11.6 Å². The van der Waals surface area contributed by atoms with Crippen LogP contribution in [0.1, 0.15) is 24.0 Å². The van der Waals surface area contributed by atoms with Crippen molar-refractivity contribution in [3.63, 3.8) is 0 Å². The quantitative estimate of drug-likeness (QED) is 0.901. The molecule has 100 valence electrons. The molecule has 0 radical (unpaired) electrons. The molecule has 1 aliphatic heterocycles. The van der Waals surface area contributed by atoms with Gasteiger partial charge >= 0.3 is 0 Å². The lowest BCUT2D eigenvalue weighted by molar-refractivity contribution is 0.206. The first kappa shape index (κ1) is 13.9. The van der Waals surface area contributed by atoms with Crippen molar-refractivity contribution in [2.45, 2.75) is 26.3 Å². The summed E-state index contributed by atoms with van der Waals surface area (Å²) in [6.45, 7) is 6.50. The molecule has 0 aliphatic carbocycles. The predicted molar refractivity (Wildman–Crippen MR) is 78.1 cm³/mol. The number of likely N-dealkylation sites (tertiary alicyclic amines) is 1. The van der Waals surface area contributed by atoms with Gasteiger partial charge in [-0.05, 0) is 63.0 Å². The lowest BCUT2D eigenvalue weighted by Crippen LogP contribution is -2.37. The van der Waals surface area contributed by atoms with Crippen LogP contribution in [0.4, 0.5) is 0 Å². The highest BCUT2D eigenvalue weighted by Gasteiger charge is 2.16. The van der Waals surface area contributed by atoms with Crippen molar-refractivity contribution >= 4 is 11.6 Å². The summed E-state index contributed by atoms with van der Waals surface area (Å²) < 4.78 is 0. The second kappa shape index (κ2) is 6.55. The third-order valence-electron chi connectivity index (χ3n) is 3.68. The monoisotopic (exact) mass is 266 g/mol. The van der Waals surface area contributed by atoms with E-state index >= 15 is 0 Å². The average molecular weight is 267 g/mol. The minimum atomic E-state index is 0.785. The summed E-state index contributed by atoms with van der Waals surface area (Å²) in [5, 5.41) is 4.42. The van der Waals surface area contributed by atoms with Crippen molar-refractivity contribution in [1.82, 2.24) is 10.2 Å². The van der Waals surface area contributed by atoms with E-state index in [1.165, 1.54) is 37.1 Å². The van der Waals surface area contributed by atoms with E-state index in [0.29, 0.717) is 0 Å². The van der Waals surface area contributed by atoms with E-state index in [-0.39, 0.29) is 0 Å². The summed E-state index contributed by atoms with van der Waals surface area (Å²) in [5.74, 6) is 0.785. The van der Waals surface area contributed by atoms with E-state index in [1.807, 2.05) is 6.07 Å². The molecular weight excluding hydrogens is 244 g/mol. The highest BCUT2D eigenvalue weighted by molar-refractivity contribution is 6.31. The zero-order valence-electron chi connectivity index (χ0n) is 11.4. The predicted octanol–water partition coefficient (Wildman–Crippen LogP) is 3.08. The lowest BCUT2D eigenvalue weighted by atomic mass is 9.98. The van der Waals surface area contributed by atoms with Crippen LogP contribution in [0.15, 0.2) is 18.2 Å². The van der Waals surface area contributed by atoms with E-state index in [0.717, 1.165) is 24.0 Å². The van der Waals surface area contributed by atoms with Crippen LogP contribution in [-0.4, -0.2) is 31.6 Å². The number of nitrogens with zero attached hydrogens (tertiary/aromatic N) is 1. The number of halogens is 1. The Kier molecular flexibility index (Phi) is 5.04. The second-order valence-corrected chi connectivity index (χ2v) is 5.90. The van der Waals surface area contributed by atoms with E-state index in [1.54, 1.807) is 0 Å². The molecule has 0 aromatic heterocycles. The summed E-state index contributed by atoms with van der Waals surface area (Å²) in [7, 11) is 2.21. The Bertz CT molecular complexity index is 392. The molecule has 0 spiro atoms. The van der Waals surface area contributed by atoms with Gasteiger partial charge in [0.2, 0.25) is 0 Å². The summed E-state index contributed by atoms with van der Waals surface area (Å²) in [6.07, 6.45) is 2.67. The van der Waals surface area contributed by atoms with Crippen molar-refractivity contribution in [3.05, 3.63) is 34.3 Å². The van der Waals surface area contributed by atoms with Crippen LogP contribution < -0.4 is 5.32 Å². The minimum Gasteiger partial charge on any atom is -0.312 e. The molecular formula is C15H23ClN2.